The monoisotopic (exact) mass is 714 g/mol. The maximum Gasteiger partial charge on any atom is 0.0541 e. The van der Waals surface area contributed by atoms with Crippen molar-refractivity contribution in [3.8, 4) is 39.1 Å². The number of rotatable bonds is 6. The van der Waals surface area contributed by atoms with Gasteiger partial charge in [0.05, 0.1) is 11.0 Å². The summed E-state index contributed by atoms with van der Waals surface area (Å²) < 4.78 is 2.40. The van der Waals surface area contributed by atoms with Gasteiger partial charge in [0.1, 0.15) is 0 Å². The topological polar surface area (TPSA) is 8.17 Å². The SMILES string of the molecule is CC1c2ccccc2-c2ccc(N(c3ccc(-c4ccccc4)cc3)c3ccc(-c4ccc5c(c4)c4ccccc4n5-c4ccc5ccccc5c4)cc3)cc21. The van der Waals surface area contributed by atoms with Crippen LogP contribution in [0, 0.1) is 0 Å². The number of nitrogens with zero attached hydrogens (tertiary/aromatic N) is 2. The van der Waals surface area contributed by atoms with E-state index in [0.29, 0.717) is 5.92 Å². The summed E-state index contributed by atoms with van der Waals surface area (Å²) in [5.41, 5.74) is 17.3. The van der Waals surface area contributed by atoms with Crippen molar-refractivity contribution in [3.63, 3.8) is 0 Å². The van der Waals surface area contributed by atoms with Crippen molar-refractivity contribution in [2.45, 2.75) is 12.8 Å². The Balaban J connectivity index is 0.995. The van der Waals surface area contributed by atoms with Crippen LogP contribution >= 0.6 is 0 Å². The largest absolute Gasteiger partial charge is 0.310 e. The standard InChI is InChI=1S/C54H38N2/c1-36-47-15-7-8-16-48(47)49-31-30-46(35-51(36)49)55(43-25-19-39(20-26-43)37-11-3-2-4-12-37)44-27-21-40(22-28-44)42-24-32-54-52(34-42)50-17-9-10-18-53(50)56(54)45-29-23-38-13-5-6-14-41(38)33-45/h2-36H,1H3. The van der Waals surface area contributed by atoms with Gasteiger partial charge in [0.15, 0.2) is 0 Å². The number of hydrogen-bond acceptors (Lipinski definition) is 1. The summed E-state index contributed by atoms with van der Waals surface area (Å²) >= 11 is 0. The second-order valence-electron chi connectivity index (χ2n) is 15.0. The van der Waals surface area contributed by atoms with Gasteiger partial charge in [-0.15, -0.1) is 0 Å². The van der Waals surface area contributed by atoms with Crippen molar-refractivity contribution in [2.24, 2.45) is 0 Å². The predicted molar refractivity (Wildman–Crippen MR) is 237 cm³/mol. The van der Waals surface area contributed by atoms with E-state index in [4.69, 9.17) is 0 Å². The summed E-state index contributed by atoms with van der Waals surface area (Å²) in [6.07, 6.45) is 0. The Morgan fingerprint density at radius 3 is 1.77 bits per heavy atom. The van der Waals surface area contributed by atoms with Crippen molar-refractivity contribution in [2.75, 3.05) is 4.90 Å². The molecule has 56 heavy (non-hydrogen) atoms. The van der Waals surface area contributed by atoms with Gasteiger partial charge in [0.2, 0.25) is 0 Å². The number of anilines is 3. The molecule has 0 aliphatic heterocycles. The molecule has 9 aromatic carbocycles. The number of benzene rings is 9. The lowest BCUT2D eigenvalue weighted by Crippen LogP contribution is -2.10. The van der Waals surface area contributed by atoms with E-state index in [1.807, 2.05) is 0 Å². The molecular formula is C54H38N2. The molecule has 1 aromatic heterocycles. The van der Waals surface area contributed by atoms with Crippen molar-refractivity contribution in [1.29, 1.82) is 0 Å². The lowest BCUT2D eigenvalue weighted by molar-refractivity contribution is 0.956. The zero-order chi connectivity index (χ0) is 37.2. The van der Waals surface area contributed by atoms with Crippen molar-refractivity contribution in [1.82, 2.24) is 4.57 Å². The lowest BCUT2D eigenvalue weighted by Gasteiger charge is -2.27. The Hall–Kier alpha value is -7.16. The average molecular weight is 715 g/mol. The highest BCUT2D eigenvalue weighted by Gasteiger charge is 2.26. The second kappa shape index (κ2) is 13.0. The van der Waals surface area contributed by atoms with Crippen molar-refractivity contribution >= 4 is 49.6 Å². The minimum atomic E-state index is 0.341. The third kappa shape index (κ3) is 5.26. The van der Waals surface area contributed by atoms with Gasteiger partial charge in [-0.3, -0.25) is 0 Å². The van der Waals surface area contributed by atoms with Crippen LogP contribution in [0.3, 0.4) is 0 Å². The van der Waals surface area contributed by atoms with Crippen LogP contribution in [0.5, 0.6) is 0 Å². The Bertz CT molecular complexity index is 3080. The molecule has 1 aliphatic rings. The Labute approximate surface area is 327 Å². The van der Waals surface area contributed by atoms with Crippen molar-refractivity contribution < 1.29 is 0 Å². The summed E-state index contributed by atoms with van der Waals surface area (Å²) in [7, 11) is 0. The maximum atomic E-state index is 2.40. The third-order valence-electron chi connectivity index (χ3n) is 11.8. The van der Waals surface area contributed by atoms with Gasteiger partial charge in [-0.2, -0.15) is 0 Å². The fourth-order valence-electron chi connectivity index (χ4n) is 9.01. The molecule has 0 saturated heterocycles. The molecule has 264 valence electrons. The van der Waals surface area contributed by atoms with Gasteiger partial charge in [0, 0.05) is 39.4 Å². The highest BCUT2D eigenvalue weighted by molar-refractivity contribution is 6.10. The first-order valence-corrected chi connectivity index (χ1v) is 19.5. The predicted octanol–water partition coefficient (Wildman–Crippen LogP) is 14.9. The number of fused-ring (bicyclic) bond motifs is 7. The molecule has 0 N–H and O–H groups in total. The molecule has 2 nitrogen and oxygen atoms in total. The number of para-hydroxylation sites is 1. The fraction of sp³-hybridized carbons (Fsp3) is 0.0370. The molecule has 0 bridgehead atoms. The molecule has 0 fully saturated rings. The van der Waals surface area contributed by atoms with Gasteiger partial charge in [-0.1, -0.05) is 146 Å². The van der Waals surface area contributed by atoms with Crippen LogP contribution in [0.25, 0.3) is 71.6 Å². The quantitative estimate of drug-likeness (QED) is 0.166. The van der Waals surface area contributed by atoms with E-state index in [1.54, 1.807) is 0 Å². The zero-order valence-electron chi connectivity index (χ0n) is 31.1. The highest BCUT2D eigenvalue weighted by atomic mass is 15.1. The smallest absolute Gasteiger partial charge is 0.0541 e. The first-order chi connectivity index (χ1) is 27.7. The van der Waals surface area contributed by atoms with Crippen LogP contribution < -0.4 is 4.90 Å². The lowest BCUT2D eigenvalue weighted by atomic mass is 9.98. The normalized spacial score (nSPS) is 13.3. The fourth-order valence-corrected chi connectivity index (χ4v) is 9.01. The molecular weight excluding hydrogens is 677 g/mol. The van der Waals surface area contributed by atoms with Gasteiger partial charge >= 0.3 is 0 Å². The van der Waals surface area contributed by atoms with Crippen molar-refractivity contribution in [3.05, 3.63) is 217 Å². The highest BCUT2D eigenvalue weighted by Crippen LogP contribution is 2.47. The molecule has 1 heterocycles. The van der Waals surface area contributed by atoms with E-state index in [1.165, 1.54) is 82.8 Å². The first-order valence-electron chi connectivity index (χ1n) is 19.5. The first kappa shape index (κ1) is 32.3. The number of aromatic nitrogens is 1. The summed E-state index contributed by atoms with van der Waals surface area (Å²) in [5, 5.41) is 5.01. The summed E-state index contributed by atoms with van der Waals surface area (Å²) in [6, 6.07) is 75.6. The van der Waals surface area contributed by atoms with E-state index in [0.717, 1.165) is 17.1 Å². The van der Waals surface area contributed by atoms with Gasteiger partial charge in [0.25, 0.3) is 0 Å². The average Bonchev–Trinajstić information content (AvgIpc) is 3.75. The van der Waals surface area contributed by atoms with Crippen LogP contribution in [0.2, 0.25) is 0 Å². The Kier molecular flexibility index (Phi) is 7.50. The van der Waals surface area contributed by atoms with Crippen LogP contribution in [0.1, 0.15) is 24.0 Å². The molecule has 10 aromatic rings. The molecule has 0 spiro atoms. The van der Waals surface area contributed by atoms with Gasteiger partial charge < -0.3 is 9.47 Å². The molecule has 1 atom stereocenters. The third-order valence-corrected chi connectivity index (χ3v) is 11.8. The van der Waals surface area contributed by atoms with Gasteiger partial charge in [-0.25, -0.2) is 0 Å². The van der Waals surface area contributed by atoms with E-state index in [-0.39, 0.29) is 0 Å². The van der Waals surface area contributed by atoms with Crippen LogP contribution in [-0.2, 0) is 0 Å². The van der Waals surface area contributed by atoms with Crippen LogP contribution in [0.4, 0.5) is 17.1 Å². The van der Waals surface area contributed by atoms with Gasteiger partial charge in [-0.05, 0) is 122 Å². The van der Waals surface area contributed by atoms with E-state index < -0.39 is 0 Å². The molecule has 0 saturated carbocycles. The summed E-state index contributed by atoms with van der Waals surface area (Å²) in [5.74, 6) is 0.341. The minimum Gasteiger partial charge on any atom is -0.310 e. The Morgan fingerprint density at radius 2 is 0.964 bits per heavy atom. The molecule has 1 unspecified atom stereocenters. The summed E-state index contributed by atoms with van der Waals surface area (Å²) in [6.45, 7) is 2.33. The molecule has 1 aliphatic carbocycles. The second-order valence-corrected chi connectivity index (χ2v) is 15.0. The minimum absolute atomic E-state index is 0.341. The van der Waals surface area contributed by atoms with E-state index in [2.05, 4.69) is 223 Å². The van der Waals surface area contributed by atoms with E-state index in [9.17, 15) is 0 Å². The number of hydrogen-bond donors (Lipinski definition) is 0. The van der Waals surface area contributed by atoms with Crippen LogP contribution in [-0.4, -0.2) is 4.57 Å². The molecule has 0 radical (unpaired) electrons. The van der Waals surface area contributed by atoms with E-state index >= 15 is 0 Å². The Morgan fingerprint density at radius 1 is 0.375 bits per heavy atom. The summed E-state index contributed by atoms with van der Waals surface area (Å²) in [4.78, 5) is 2.40. The molecule has 0 amide bonds. The molecule has 2 heteroatoms. The van der Waals surface area contributed by atoms with Crippen LogP contribution in [0.15, 0.2) is 206 Å². The zero-order valence-corrected chi connectivity index (χ0v) is 31.1. The molecule has 11 rings (SSSR count). The maximum absolute atomic E-state index is 2.40.